The molecule has 4 heteroatoms. The third kappa shape index (κ3) is 2.70. The third-order valence-electron chi connectivity index (χ3n) is 3.43. The predicted molar refractivity (Wildman–Crippen MR) is 83.8 cm³/mol. The van der Waals surface area contributed by atoms with Gasteiger partial charge in [-0.3, -0.25) is 4.98 Å². The van der Waals surface area contributed by atoms with Crippen LogP contribution < -0.4 is 10.1 Å². The van der Waals surface area contributed by atoms with E-state index >= 15 is 0 Å². The van der Waals surface area contributed by atoms with Gasteiger partial charge in [0, 0.05) is 17.8 Å². The molecule has 3 aromatic rings. The van der Waals surface area contributed by atoms with Crippen molar-refractivity contribution in [2.24, 2.45) is 0 Å². The number of hydrogen-bond acceptors (Lipinski definition) is 4. The highest BCUT2D eigenvalue weighted by atomic mass is 16.5. The van der Waals surface area contributed by atoms with Gasteiger partial charge in [0.25, 0.3) is 0 Å². The molecule has 108 valence electrons. The maximum Gasteiger partial charge on any atom is 0.176 e. The van der Waals surface area contributed by atoms with Crippen LogP contribution in [-0.2, 0) is 0 Å². The number of nitrogens with zero attached hydrogens (tertiary/aromatic N) is 1. The van der Waals surface area contributed by atoms with E-state index in [0.29, 0.717) is 0 Å². The summed E-state index contributed by atoms with van der Waals surface area (Å²) in [6.45, 7) is 4.08. The fraction of sp³-hybridized carbons (Fsp3) is 0.235. The van der Waals surface area contributed by atoms with Gasteiger partial charge in [0.05, 0.1) is 18.8 Å². The smallest absolute Gasteiger partial charge is 0.176 e. The van der Waals surface area contributed by atoms with Crippen molar-refractivity contribution in [2.75, 3.05) is 12.4 Å². The van der Waals surface area contributed by atoms with Gasteiger partial charge in [0.15, 0.2) is 11.3 Å². The molecule has 0 saturated carbocycles. The summed E-state index contributed by atoms with van der Waals surface area (Å²) in [6, 6.07) is 10.0. The van der Waals surface area contributed by atoms with Crippen molar-refractivity contribution in [1.82, 2.24) is 4.98 Å². The molecular formula is C17H18N2O2. The van der Waals surface area contributed by atoms with Gasteiger partial charge in [-0.15, -0.1) is 0 Å². The first-order valence-corrected chi connectivity index (χ1v) is 6.92. The Labute approximate surface area is 123 Å². The van der Waals surface area contributed by atoms with Crippen molar-refractivity contribution in [2.45, 2.75) is 19.9 Å². The normalized spacial score (nSPS) is 12.3. The Morgan fingerprint density at radius 1 is 1.24 bits per heavy atom. The molecule has 2 aromatic heterocycles. The number of rotatable bonds is 4. The van der Waals surface area contributed by atoms with E-state index in [0.717, 1.165) is 33.7 Å². The van der Waals surface area contributed by atoms with E-state index in [2.05, 4.69) is 23.3 Å². The first-order valence-electron chi connectivity index (χ1n) is 6.92. The van der Waals surface area contributed by atoms with Crippen LogP contribution in [0.15, 0.2) is 47.1 Å². The fourth-order valence-corrected chi connectivity index (χ4v) is 2.39. The minimum atomic E-state index is 0.0470. The minimum Gasteiger partial charge on any atom is -0.493 e. The monoisotopic (exact) mass is 282 g/mol. The maximum absolute atomic E-state index is 5.95. The van der Waals surface area contributed by atoms with E-state index in [1.807, 2.05) is 43.6 Å². The zero-order chi connectivity index (χ0) is 14.8. The SMILES string of the molecule is COc1cccc2cc(C(C)Nc3cncc(C)c3)oc12. The average molecular weight is 282 g/mol. The summed E-state index contributed by atoms with van der Waals surface area (Å²) in [5.41, 5.74) is 2.89. The molecule has 1 aromatic carbocycles. The van der Waals surface area contributed by atoms with Crippen LogP contribution in [0.25, 0.3) is 11.0 Å². The van der Waals surface area contributed by atoms with Crippen molar-refractivity contribution in [3.8, 4) is 5.75 Å². The molecule has 1 N–H and O–H groups in total. The molecule has 0 saturated heterocycles. The molecule has 2 heterocycles. The largest absolute Gasteiger partial charge is 0.493 e. The Hall–Kier alpha value is -2.49. The average Bonchev–Trinajstić information content (AvgIpc) is 2.91. The summed E-state index contributed by atoms with van der Waals surface area (Å²) in [4.78, 5) is 4.19. The van der Waals surface area contributed by atoms with E-state index in [4.69, 9.17) is 9.15 Å². The summed E-state index contributed by atoms with van der Waals surface area (Å²) in [5, 5.41) is 4.44. The van der Waals surface area contributed by atoms with Gasteiger partial charge in [-0.05, 0) is 37.6 Å². The molecule has 0 amide bonds. The fourth-order valence-electron chi connectivity index (χ4n) is 2.39. The van der Waals surface area contributed by atoms with Crippen molar-refractivity contribution in [3.63, 3.8) is 0 Å². The number of aromatic nitrogens is 1. The molecular weight excluding hydrogens is 264 g/mol. The van der Waals surface area contributed by atoms with Gasteiger partial charge in [-0.2, -0.15) is 0 Å². The van der Waals surface area contributed by atoms with Crippen molar-refractivity contribution >= 4 is 16.7 Å². The van der Waals surface area contributed by atoms with Crippen LogP contribution in [0.3, 0.4) is 0 Å². The van der Waals surface area contributed by atoms with E-state index in [9.17, 15) is 0 Å². The minimum absolute atomic E-state index is 0.0470. The molecule has 21 heavy (non-hydrogen) atoms. The predicted octanol–water partition coefficient (Wildman–Crippen LogP) is 4.32. The lowest BCUT2D eigenvalue weighted by Gasteiger charge is -2.12. The Morgan fingerprint density at radius 2 is 2.10 bits per heavy atom. The molecule has 0 bridgehead atoms. The van der Waals surface area contributed by atoms with Gasteiger partial charge in [-0.1, -0.05) is 12.1 Å². The molecule has 3 rings (SSSR count). The van der Waals surface area contributed by atoms with Crippen molar-refractivity contribution in [3.05, 3.63) is 54.0 Å². The number of fused-ring (bicyclic) bond motifs is 1. The second kappa shape index (κ2) is 5.48. The van der Waals surface area contributed by atoms with Crippen LogP contribution in [0, 0.1) is 6.92 Å². The first-order chi connectivity index (χ1) is 10.2. The van der Waals surface area contributed by atoms with E-state index in [-0.39, 0.29) is 6.04 Å². The lowest BCUT2D eigenvalue weighted by molar-refractivity contribution is 0.406. The third-order valence-corrected chi connectivity index (χ3v) is 3.43. The van der Waals surface area contributed by atoms with Gasteiger partial charge >= 0.3 is 0 Å². The molecule has 0 radical (unpaired) electrons. The molecule has 1 atom stereocenters. The topological polar surface area (TPSA) is 47.3 Å². The van der Waals surface area contributed by atoms with Gasteiger partial charge < -0.3 is 14.5 Å². The number of hydrogen-bond donors (Lipinski definition) is 1. The number of aryl methyl sites for hydroxylation is 1. The molecule has 0 fully saturated rings. The number of furan rings is 1. The van der Waals surface area contributed by atoms with Crippen molar-refractivity contribution < 1.29 is 9.15 Å². The van der Waals surface area contributed by atoms with Crippen LogP contribution in [0.1, 0.15) is 24.3 Å². The summed E-state index contributed by atoms with van der Waals surface area (Å²) in [5.74, 6) is 1.62. The van der Waals surface area contributed by atoms with Crippen molar-refractivity contribution in [1.29, 1.82) is 0 Å². The number of nitrogens with one attached hydrogen (secondary N) is 1. The van der Waals surface area contributed by atoms with E-state index in [1.165, 1.54) is 0 Å². The summed E-state index contributed by atoms with van der Waals surface area (Å²) >= 11 is 0. The molecule has 0 spiro atoms. The van der Waals surface area contributed by atoms with Gasteiger partial charge in [-0.25, -0.2) is 0 Å². The Kier molecular flexibility index (Phi) is 3.52. The van der Waals surface area contributed by atoms with Crippen LogP contribution >= 0.6 is 0 Å². The number of para-hydroxylation sites is 1. The number of anilines is 1. The molecule has 0 aliphatic rings. The highest BCUT2D eigenvalue weighted by molar-refractivity contribution is 5.83. The molecule has 1 unspecified atom stereocenters. The molecule has 4 nitrogen and oxygen atoms in total. The quantitative estimate of drug-likeness (QED) is 0.774. The Balaban J connectivity index is 1.89. The first kappa shape index (κ1) is 13.5. The summed E-state index contributed by atoms with van der Waals surface area (Å²) in [6.07, 6.45) is 3.65. The van der Waals surface area contributed by atoms with Crippen LogP contribution in [0.4, 0.5) is 5.69 Å². The van der Waals surface area contributed by atoms with Gasteiger partial charge in [0.1, 0.15) is 5.76 Å². The number of ether oxygens (including phenoxy) is 1. The highest BCUT2D eigenvalue weighted by Crippen LogP contribution is 2.31. The number of methoxy groups -OCH3 is 1. The molecule has 0 aliphatic carbocycles. The Morgan fingerprint density at radius 3 is 2.86 bits per heavy atom. The highest BCUT2D eigenvalue weighted by Gasteiger charge is 2.14. The number of pyridine rings is 1. The van der Waals surface area contributed by atoms with Crippen LogP contribution in [0.2, 0.25) is 0 Å². The van der Waals surface area contributed by atoms with E-state index in [1.54, 1.807) is 7.11 Å². The zero-order valence-electron chi connectivity index (χ0n) is 12.4. The lowest BCUT2D eigenvalue weighted by Crippen LogP contribution is -2.05. The molecule has 0 aliphatic heterocycles. The van der Waals surface area contributed by atoms with Gasteiger partial charge in [0.2, 0.25) is 0 Å². The van der Waals surface area contributed by atoms with Crippen LogP contribution in [0.5, 0.6) is 5.75 Å². The second-order valence-electron chi connectivity index (χ2n) is 5.14. The van der Waals surface area contributed by atoms with Crippen LogP contribution in [-0.4, -0.2) is 12.1 Å². The summed E-state index contributed by atoms with van der Waals surface area (Å²) in [7, 11) is 1.65. The second-order valence-corrected chi connectivity index (χ2v) is 5.14. The Bertz CT molecular complexity index is 764. The zero-order valence-corrected chi connectivity index (χ0v) is 12.4. The lowest BCUT2D eigenvalue weighted by atomic mass is 10.2. The standard InChI is InChI=1S/C17H18N2O2/c1-11-7-14(10-18-9-11)19-12(2)16-8-13-5-4-6-15(20-3)17(13)21-16/h4-10,12,19H,1-3H3. The maximum atomic E-state index is 5.95. The number of benzene rings is 1. The summed E-state index contributed by atoms with van der Waals surface area (Å²) < 4.78 is 11.3. The van der Waals surface area contributed by atoms with E-state index < -0.39 is 0 Å².